The molecule has 0 saturated carbocycles. The van der Waals surface area contributed by atoms with Crippen molar-refractivity contribution in [1.29, 1.82) is 0 Å². The number of allylic oxidation sites excluding steroid dienone is 1. The first-order chi connectivity index (χ1) is 11.4. The maximum Gasteiger partial charge on any atom is 0.247 e. The van der Waals surface area contributed by atoms with Crippen molar-refractivity contribution in [3.05, 3.63) is 41.5 Å². The minimum Gasteiger partial charge on any atom is -0.496 e. The van der Waals surface area contributed by atoms with Crippen molar-refractivity contribution in [3.8, 4) is 5.75 Å². The van der Waals surface area contributed by atoms with Gasteiger partial charge in [-0.25, -0.2) is 0 Å². The molecule has 0 N–H and O–H groups in total. The smallest absolute Gasteiger partial charge is 0.247 e. The van der Waals surface area contributed by atoms with Crippen molar-refractivity contribution >= 4 is 23.6 Å². The molecule has 1 aromatic carbocycles. The van der Waals surface area contributed by atoms with Gasteiger partial charge >= 0.3 is 0 Å². The Bertz CT molecular complexity index is 643. The Morgan fingerprint density at radius 1 is 1.38 bits per heavy atom. The van der Waals surface area contributed by atoms with Gasteiger partial charge in [0.2, 0.25) is 11.8 Å². The second kappa shape index (κ2) is 8.24. The lowest BCUT2D eigenvalue weighted by atomic mass is 10.0. The molecule has 6 heteroatoms. The van der Waals surface area contributed by atoms with E-state index in [1.54, 1.807) is 48.8 Å². The molecule has 0 aliphatic carbocycles. The van der Waals surface area contributed by atoms with Gasteiger partial charge in [-0.2, -0.15) is 0 Å². The number of hydrogen-bond acceptors (Lipinski definition) is 4. The number of likely N-dealkylation sites (N-methyl/N-ethyl adjacent to an activating group) is 1. The molecule has 1 aliphatic rings. The van der Waals surface area contributed by atoms with Crippen LogP contribution in [0.15, 0.2) is 35.9 Å². The molecule has 1 atom stereocenters. The molecule has 1 aromatic rings. The Morgan fingerprint density at radius 3 is 2.75 bits per heavy atom. The van der Waals surface area contributed by atoms with E-state index in [0.717, 1.165) is 16.9 Å². The van der Waals surface area contributed by atoms with Crippen LogP contribution in [0.1, 0.15) is 12.5 Å². The van der Waals surface area contributed by atoms with Gasteiger partial charge in [-0.1, -0.05) is 23.8 Å². The summed E-state index contributed by atoms with van der Waals surface area (Å²) < 4.78 is 5.35. The molecule has 0 aromatic heterocycles. The monoisotopic (exact) mass is 348 g/mol. The molecule has 2 rings (SSSR count). The molecule has 0 spiro atoms. The molecule has 1 saturated heterocycles. The van der Waals surface area contributed by atoms with Gasteiger partial charge in [0.15, 0.2) is 0 Å². The summed E-state index contributed by atoms with van der Waals surface area (Å²) in [5, 5.41) is 0. The third-order valence-corrected chi connectivity index (χ3v) is 4.94. The Kier molecular flexibility index (Phi) is 6.31. The zero-order valence-electron chi connectivity index (χ0n) is 14.6. The summed E-state index contributed by atoms with van der Waals surface area (Å²) >= 11 is 1.61. The number of para-hydroxylation sites is 1. The quantitative estimate of drug-likeness (QED) is 0.765. The standard InChI is InChI=1S/C18H24N2O3S/c1-13(9-14-7-5-6-8-16(14)23-4)10-17(21)20-12-24-11-15(20)18(22)19(2)3/h5-8,10,15H,9,11-12H2,1-4H3/b13-10+/t15-/m0/s1. The summed E-state index contributed by atoms with van der Waals surface area (Å²) in [7, 11) is 5.08. The highest BCUT2D eigenvalue weighted by molar-refractivity contribution is 7.99. The topological polar surface area (TPSA) is 49.9 Å². The zero-order valence-corrected chi connectivity index (χ0v) is 15.4. The average molecular weight is 348 g/mol. The van der Waals surface area contributed by atoms with E-state index < -0.39 is 0 Å². The SMILES string of the molecule is COc1ccccc1C/C(C)=C/C(=O)N1CSC[C@H]1C(=O)N(C)C. The minimum atomic E-state index is -0.368. The Labute approximate surface area is 147 Å². The first-order valence-electron chi connectivity index (χ1n) is 7.82. The molecule has 0 radical (unpaired) electrons. The van der Waals surface area contributed by atoms with Gasteiger partial charge in [-0.3, -0.25) is 9.59 Å². The van der Waals surface area contributed by atoms with Gasteiger partial charge in [0, 0.05) is 25.9 Å². The van der Waals surface area contributed by atoms with Crippen LogP contribution in [0.5, 0.6) is 5.75 Å². The van der Waals surface area contributed by atoms with Gasteiger partial charge in [0.05, 0.1) is 13.0 Å². The van der Waals surface area contributed by atoms with Gasteiger partial charge in [0.1, 0.15) is 11.8 Å². The molecular formula is C18H24N2O3S. The van der Waals surface area contributed by atoms with Crippen molar-refractivity contribution in [2.45, 2.75) is 19.4 Å². The normalized spacial score (nSPS) is 17.8. The summed E-state index contributed by atoms with van der Waals surface area (Å²) in [4.78, 5) is 28.0. The van der Waals surface area contributed by atoms with E-state index in [4.69, 9.17) is 4.74 Å². The molecule has 1 aliphatic heterocycles. The minimum absolute atomic E-state index is 0.0240. The van der Waals surface area contributed by atoms with Crippen molar-refractivity contribution in [2.24, 2.45) is 0 Å². The van der Waals surface area contributed by atoms with E-state index in [1.165, 1.54) is 0 Å². The number of carbonyl (C=O) groups excluding carboxylic acids is 2. The van der Waals surface area contributed by atoms with Gasteiger partial charge < -0.3 is 14.5 Å². The predicted octanol–water partition coefficient (Wildman–Crippen LogP) is 2.17. The molecular weight excluding hydrogens is 324 g/mol. The summed E-state index contributed by atoms with van der Waals surface area (Å²) in [6.07, 6.45) is 2.28. The number of hydrogen-bond donors (Lipinski definition) is 0. The predicted molar refractivity (Wildman–Crippen MR) is 97.1 cm³/mol. The largest absolute Gasteiger partial charge is 0.496 e. The molecule has 2 amide bonds. The third kappa shape index (κ3) is 4.32. The highest BCUT2D eigenvalue weighted by atomic mass is 32.2. The van der Waals surface area contributed by atoms with Gasteiger partial charge in [-0.15, -0.1) is 11.8 Å². The van der Waals surface area contributed by atoms with Crippen LogP contribution in [0.3, 0.4) is 0 Å². The molecule has 0 unspecified atom stereocenters. The van der Waals surface area contributed by atoms with E-state index in [2.05, 4.69) is 0 Å². The highest BCUT2D eigenvalue weighted by Gasteiger charge is 2.34. The number of carbonyl (C=O) groups is 2. The zero-order chi connectivity index (χ0) is 17.7. The van der Waals surface area contributed by atoms with E-state index in [1.807, 2.05) is 31.2 Å². The van der Waals surface area contributed by atoms with Crippen molar-refractivity contribution in [1.82, 2.24) is 9.80 Å². The average Bonchev–Trinajstić information content (AvgIpc) is 3.04. The summed E-state index contributed by atoms with van der Waals surface area (Å²) in [5.74, 6) is 1.90. The lowest BCUT2D eigenvalue weighted by molar-refractivity contribution is -0.139. The molecule has 5 nitrogen and oxygen atoms in total. The summed E-state index contributed by atoms with van der Waals surface area (Å²) in [6.45, 7) is 1.93. The number of ether oxygens (including phenoxy) is 1. The van der Waals surface area contributed by atoms with Gasteiger partial charge in [-0.05, 0) is 25.0 Å². The fourth-order valence-corrected chi connectivity index (χ4v) is 3.81. The Morgan fingerprint density at radius 2 is 2.08 bits per heavy atom. The van der Waals surface area contributed by atoms with E-state index in [0.29, 0.717) is 18.1 Å². The molecule has 24 heavy (non-hydrogen) atoms. The molecule has 1 fully saturated rings. The second-order valence-electron chi connectivity index (χ2n) is 6.04. The molecule has 130 valence electrons. The fourth-order valence-electron chi connectivity index (χ4n) is 2.66. The van der Waals surface area contributed by atoms with E-state index in [9.17, 15) is 9.59 Å². The van der Waals surface area contributed by atoms with Crippen LogP contribution in [0.2, 0.25) is 0 Å². The van der Waals surface area contributed by atoms with Crippen LogP contribution in [-0.4, -0.2) is 60.5 Å². The maximum absolute atomic E-state index is 12.6. The Hall–Kier alpha value is -1.95. The lowest BCUT2D eigenvalue weighted by Crippen LogP contribution is -2.46. The van der Waals surface area contributed by atoms with Crippen molar-refractivity contribution < 1.29 is 14.3 Å². The highest BCUT2D eigenvalue weighted by Crippen LogP contribution is 2.24. The van der Waals surface area contributed by atoms with Crippen LogP contribution in [-0.2, 0) is 16.0 Å². The molecule has 1 heterocycles. The number of methoxy groups -OCH3 is 1. The number of nitrogens with zero attached hydrogens (tertiary/aromatic N) is 2. The van der Waals surface area contributed by atoms with Crippen molar-refractivity contribution in [3.63, 3.8) is 0 Å². The maximum atomic E-state index is 12.6. The number of rotatable bonds is 5. The number of benzene rings is 1. The number of amides is 2. The molecule has 0 bridgehead atoms. The summed E-state index contributed by atoms with van der Waals surface area (Å²) in [6, 6.07) is 7.41. The van der Waals surface area contributed by atoms with Crippen LogP contribution in [0, 0.1) is 0 Å². The van der Waals surface area contributed by atoms with Crippen LogP contribution in [0.25, 0.3) is 0 Å². The third-order valence-electron chi connectivity index (χ3n) is 3.92. The van der Waals surface area contributed by atoms with Crippen LogP contribution in [0.4, 0.5) is 0 Å². The van der Waals surface area contributed by atoms with E-state index in [-0.39, 0.29) is 17.9 Å². The van der Waals surface area contributed by atoms with Crippen molar-refractivity contribution in [2.75, 3.05) is 32.8 Å². The Balaban J connectivity index is 2.09. The first kappa shape index (κ1) is 18.4. The first-order valence-corrected chi connectivity index (χ1v) is 8.98. The lowest BCUT2D eigenvalue weighted by Gasteiger charge is -2.24. The van der Waals surface area contributed by atoms with E-state index >= 15 is 0 Å². The summed E-state index contributed by atoms with van der Waals surface area (Å²) in [5.41, 5.74) is 1.98. The second-order valence-corrected chi connectivity index (χ2v) is 7.04. The number of thioether (sulfide) groups is 1. The van der Waals surface area contributed by atoms with Crippen LogP contribution >= 0.6 is 11.8 Å². The fraction of sp³-hybridized carbons (Fsp3) is 0.444. The van der Waals surface area contributed by atoms with Crippen LogP contribution < -0.4 is 4.74 Å². The van der Waals surface area contributed by atoms with Gasteiger partial charge in [0.25, 0.3) is 0 Å².